The number of rotatable bonds is 6. The van der Waals surface area contributed by atoms with Gasteiger partial charge in [-0.1, -0.05) is 30.7 Å². The van der Waals surface area contributed by atoms with Gasteiger partial charge in [-0.15, -0.1) is 0 Å². The third-order valence-electron chi connectivity index (χ3n) is 5.03. The fraction of sp³-hybridized carbons (Fsp3) is 0.667. The first kappa shape index (κ1) is 14.1. The third-order valence-corrected chi connectivity index (χ3v) is 5.03. The Balaban J connectivity index is 1.49. The Labute approximate surface area is 122 Å². The number of hydrogen-bond donors (Lipinski definition) is 1. The second-order valence-corrected chi connectivity index (χ2v) is 6.55. The maximum atomic E-state index is 5.59. The molecule has 2 fully saturated rings. The summed E-state index contributed by atoms with van der Waals surface area (Å²) in [5.41, 5.74) is 3.15. The van der Waals surface area contributed by atoms with E-state index in [1.54, 1.807) is 0 Å². The molecule has 1 unspecified atom stereocenters. The van der Waals surface area contributed by atoms with E-state index in [1.807, 2.05) is 7.11 Å². The molecule has 2 heteroatoms. The molecule has 1 saturated heterocycles. The zero-order valence-electron chi connectivity index (χ0n) is 12.7. The van der Waals surface area contributed by atoms with E-state index in [1.165, 1.54) is 62.6 Å². The molecular formula is C18H27NO. The van der Waals surface area contributed by atoms with E-state index >= 15 is 0 Å². The molecule has 0 radical (unpaired) electrons. The van der Waals surface area contributed by atoms with Crippen molar-refractivity contribution in [2.24, 2.45) is 0 Å². The van der Waals surface area contributed by atoms with E-state index < -0.39 is 0 Å². The standard InChI is InChI=1S/C18H27NO/c1-20-18(11-12-18)10-9-15-5-7-16(8-6-15)14-17-4-2-3-13-19-17/h5-8,17,19H,2-4,9-14H2,1H3. The second kappa shape index (κ2) is 6.28. The van der Waals surface area contributed by atoms with E-state index in [-0.39, 0.29) is 5.60 Å². The Bertz CT molecular complexity index is 416. The Kier molecular flexibility index (Phi) is 4.42. The van der Waals surface area contributed by atoms with Crippen LogP contribution in [0.5, 0.6) is 0 Å². The molecule has 1 aliphatic carbocycles. The predicted octanol–water partition coefficient (Wildman–Crippen LogP) is 3.48. The number of nitrogens with one attached hydrogen (secondary N) is 1. The summed E-state index contributed by atoms with van der Waals surface area (Å²) in [6.45, 7) is 1.20. The van der Waals surface area contributed by atoms with E-state index in [0.717, 1.165) is 6.42 Å². The van der Waals surface area contributed by atoms with Crippen LogP contribution in [0.15, 0.2) is 24.3 Å². The van der Waals surface area contributed by atoms with Gasteiger partial charge < -0.3 is 10.1 Å². The molecular weight excluding hydrogens is 246 g/mol. The number of ether oxygens (including phenoxy) is 1. The van der Waals surface area contributed by atoms with Crippen molar-refractivity contribution in [3.8, 4) is 0 Å². The minimum atomic E-state index is 0.227. The highest BCUT2D eigenvalue weighted by Gasteiger charge is 2.42. The first-order valence-electron chi connectivity index (χ1n) is 8.16. The maximum Gasteiger partial charge on any atom is 0.0684 e. The summed E-state index contributed by atoms with van der Waals surface area (Å²) in [7, 11) is 1.85. The third kappa shape index (κ3) is 3.62. The molecule has 1 aliphatic heterocycles. The second-order valence-electron chi connectivity index (χ2n) is 6.55. The van der Waals surface area contributed by atoms with Crippen molar-refractivity contribution in [2.75, 3.05) is 13.7 Å². The van der Waals surface area contributed by atoms with Crippen LogP contribution in [-0.2, 0) is 17.6 Å². The first-order chi connectivity index (χ1) is 9.80. The van der Waals surface area contributed by atoms with Gasteiger partial charge in [-0.25, -0.2) is 0 Å². The van der Waals surface area contributed by atoms with Crippen molar-refractivity contribution < 1.29 is 4.74 Å². The first-order valence-corrected chi connectivity index (χ1v) is 8.16. The van der Waals surface area contributed by atoms with Gasteiger partial charge in [0, 0.05) is 13.2 Å². The quantitative estimate of drug-likeness (QED) is 0.857. The lowest BCUT2D eigenvalue weighted by molar-refractivity contribution is 0.0731. The van der Waals surface area contributed by atoms with Gasteiger partial charge in [0.25, 0.3) is 0 Å². The zero-order chi connectivity index (χ0) is 13.8. The van der Waals surface area contributed by atoms with Crippen molar-refractivity contribution in [2.45, 2.75) is 63.0 Å². The summed E-state index contributed by atoms with van der Waals surface area (Å²) in [5.74, 6) is 0. The molecule has 0 amide bonds. The van der Waals surface area contributed by atoms with Gasteiger partial charge in [-0.05, 0) is 62.6 Å². The highest BCUT2D eigenvalue weighted by molar-refractivity contribution is 5.24. The average Bonchev–Trinajstić information content (AvgIpc) is 3.28. The van der Waals surface area contributed by atoms with Crippen molar-refractivity contribution in [3.05, 3.63) is 35.4 Å². The van der Waals surface area contributed by atoms with Gasteiger partial charge in [-0.3, -0.25) is 0 Å². The van der Waals surface area contributed by atoms with Gasteiger partial charge in [-0.2, -0.15) is 0 Å². The largest absolute Gasteiger partial charge is 0.378 e. The molecule has 1 N–H and O–H groups in total. The molecule has 1 aromatic rings. The molecule has 0 bridgehead atoms. The Hall–Kier alpha value is -0.860. The van der Waals surface area contributed by atoms with Crippen molar-refractivity contribution in [1.82, 2.24) is 5.32 Å². The smallest absolute Gasteiger partial charge is 0.0684 e. The van der Waals surface area contributed by atoms with Crippen molar-refractivity contribution >= 4 is 0 Å². The highest BCUT2D eigenvalue weighted by Crippen LogP contribution is 2.42. The van der Waals surface area contributed by atoms with Gasteiger partial charge >= 0.3 is 0 Å². The maximum absolute atomic E-state index is 5.59. The van der Waals surface area contributed by atoms with E-state index in [4.69, 9.17) is 4.74 Å². The lowest BCUT2D eigenvalue weighted by atomic mass is 9.96. The summed E-state index contributed by atoms with van der Waals surface area (Å²) >= 11 is 0. The summed E-state index contributed by atoms with van der Waals surface area (Å²) < 4.78 is 5.59. The molecule has 2 nitrogen and oxygen atoms in total. The molecule has 1 atom stereocenters. The van der Waals surface area contributed by atoms with Crippen LogP contribution in [-0.4, -0.2) is 25.3 Å². The number of piperidine rings is 1. The van der Waals surface area contributed by atoms with Crippen LogP contribution in [0.2, 0.25) is 0 Å². The van der Waals surface area contributed by atoms with Crippen molar-refractivity contribution in [3.63, 3.8) is 0 Å². The highest BCUT2D eigenvalue weighted by atomic mass is 16.5. The van der Waals surface area contributed by atoms with E-state index in [0.29, 0.717) is 6.04 Å². The van der Waals surface area contributed by atoms with Crippen LogP contribution in [0.4, 0.5) is 0 Å². The van der Waals surface area contributed by atoms with Crippen molar-refractivity contribution in [1.29, 1.82) is 0 Å². The monoisotopic (exact) mass is 273 g/mol. The molecule has 1 heterocycles. The van der Waals surface area contributed by atoms with Gasteiger partial charge in [0.05, 0.1) is 5.60 Å². The zero-order valence-corrected chi connectivity index (χ0v) is 12.7. The molecule has 0 aromatic heterocycles. The van der Waals surface area contributed by atoms with Crippen LogP contribution < -0.4 is 5.32 Å². The number of methoxy groups -OCH3 is 1. The molecule has 0 spiro atoms. The molecule has 1 saturated carbocycles. The number of hydrogen-bond acceptors (Lipinski definition) is 2. The summed E-state index contributed by atoms with van der Waals surface area (Å²) in [4.78, 5) is 0. The van der Waals surface area contributed by atoms with Crippen LogP contribution in [0.25, 0.3) is 0 Å². The Morgan fingerprint density at radius 2 is 1.90 bits per heavy atom. The minimum Gasteiger partial charge on any atom is -0.378 e. The number of benzene rings is 1. The molecule has 1 aromatic carbocycles. The number of aryl methyl sites for hydroxylation is 1. The van der Waals surface area contributed by atoms with Crippen LogP contribution >= 0.6 is 0 Å². The van der Waals surface area contributed by atoms with E-state index in [2.05, 4.69) is 29.6 Å². The molecule has 2 aliphatic rings. The molecule has 3 rings (SSSR count). The normalized spacial score (nSPS) is 24.6. The topological polar surface area (TPSA) is 21.3 Å². The molecule has 110 valence electrons. The summed E-state index contributed by atoms with van der Waals surface area (Å²) in [6.07, 6.45) is 10.1. The SMILES string of the molecule is COC1(CCc2ccc(CC3CCCCN3)cc2)CC1. The average molecular weight is 273 g/mol. The fourth-order valence-corrected chi connectivity index (χ4v) is 3.29. The Morgan fingerprint density at radius 1 is 1.15 bits per heavy atom. The summed E-state index contributed by atoms with van der Waals surface area (Å²) in [5, 5.41) is 3.63. The van der Waals surface area contributed by atoms with Gasteiger partial charge in [0.2, 0.25) is 0 Å². The van der Waals surface area contributed by atoms with E-state index in [9.17, 15) is 0 Å². The van der Waals surface area contributed by atoms with Gasteiger partial charge in [0.15, 0.2) is 0 Å². The minimum absolute atomic E-state index is 0.227. The Morgan fingerprint density at radius 3 is 2.50 bits per heavy atom. The summed E-state index contributed by atoms with van der Waals surface area (Å²) in [6, 6.07) is 9.95. The van der Waals surface area contributed by atoms with Crippen LogP contribution in [0.1, 0.15) is 49.7 Å². The lowest BCUT2D eigenvalue weighted by Crippen LogP contribution is -2.35. The van der Waals surface area contributed by atoms with Crippen LogP contribution in [0, 0.1) is 0 Å². The fourth-order valence-electron chi connectivity index (χ4n) is 3.29. The molecule has 20 heavy (non-hydrogen) atoms. The van der Waals surface area contributed by atoms with Crippen LogP contribution in [0.3, 0.4) is 0 Å². The lowest BCUT2D eigenvalue weighted by Gasteiger charge is -2.23. The van der Waals surface area contributed by atoms with Gasteiger partial charge in [0.1, 0.15) is 0 Å². The predicted molar refractivity (Wildman–Crippen MR) is 83.1 cm³/mol.